The predicted octanol–water partition coefficient (Wildman–Crippen LogP) is 4.86. The molecule has 0 spiro atoms. The van der Waals surface area contributed by atoms with Crippen molar-refractivity contribution in [1.29, 1.82) is 0 Å². The van der Waals surface area contributed by atoms with Gasteiger partial charge in [-0.05, 0) is 54.4 Å². The molecule has 1 saturated heterocycles. The minimum atomic E-state index is -0.386. The van der Waals surface area contributed by atoms with Crippen molar-refractivity contribution in [2.45, 2.75) is 13.0 Å². The Morgan fingerprint density at radius 1 is 0.968 bits per heavy atom. The zero-order valence-corrected chi connectivity index (χ0v) is 18.2. The number of benzene rings is 3. The summed E-state index contributed by atoms with van der Waals surface area (Å²) in [6.07, 6.45) is 0. The lowest BCUT2D eigenvalue weighted by Gasteiger charge is -2.39. The maximum Gasteiger partial charge on any atom is 0.246 e. The van der Waals surface area contributed by atoms with Crippen LogP contribution in [0.2, 0.25) is 5.02 Å². The number of rotatable bonds is 5. The Morgan fingerprint density at radius 3 is 2.29 bits per heavy atom. The van der Waals surface area contributed by atoms with Crippen LogP contribution in [0, 0.1) is 6.92 Å². The molecule has 6 heteroatoms. The first-order chi connectivity index (χ1) is 15.0. The standard InChI is InChI=1S/C25H26ClN3O2/c1-18-7-8-20(17-23(18)26)27-25(31)24(19-5-3-2-4-6-19)29-15-13-28(14-16-29)21-9-11-22(30)12-10-21/h2-12,17,24,30H,13-16H2,1H3,(H,27,31). The number of nitrogens with zero attached hydrogens (tertiary/aromatic N) is 2. The first-order valence-corrected chi connectivity index (χ1v) is 10.8. The molecule has 1 atom stereocenters. The number of halogens is 1. The van der Waals surface area contributed by atoms with Gasteiger partial charge in [0.05, 0.1) is 0 Å². The van der Waals surface area contributed by atoms with Gasteiger partial charge >= 0.3 is 0 Å². The van der Waals surface area contributed by atoms with Gasteiger partial charge in [-0.1, -0.05) is 48.0 Å². The highest BCUT2D eigenvalue weighted by molar-refractivity contribution is 6.31. The number of carbonyl (C=O) groups excluding carboxylic acids is 1. The molecule has 0 aromatic heterocycles. The Morgan fingerprint density at radius 2 is 1.65 bits per heavy atom. The fourth-order valence-electron chi connectivity index (χ4n) is 3.95. The number of hydrogen-bond donors (Lipinski definition) is 2. The fourth-order valence-corrected chi connectivity index (χ4v) is 4.13. The smallest absolute Gasteiger partial charge is 0.246 e. The molecule has 5 nitrogen and oxygen atoms in total. The topological polar surface area (TPSA) is 55.8 Å². The molecule has 0 radical (unpaired) electrons. The van der Waals surface area contributed by atoms with E-state index in [0.29, 0.717) is 10.7 Å². The second kappa shape index (κ2) is 9.41. The van der Waals surface area contributed by atoms with Crippen LogP contribution in [0.15, 0.2) is 72.8 Å². The summed E-state index contributed by atoms with van der Waals surface area (Å²) in [6.45, 7) is 5.05. The molecule has 2 N–H and O–H groups in total. The van der Waals surface area contributed by atoms with Gasteiger partial charge in [0, 0.05) is 42.6 Å². The highest BCUT2D eigenvalue weighted by atomic mass is 35.5. The van der Waals surface area contributed by atoms with Gasteiger partial charge in [0.15, 0.2) is 0 Å². The highest BCUT2D eigenvalue weighted by Gasteiger charge is 2.30. The fraction of sp³-hybridized carbons (Fsp3) is 0.240. The minimum absolute atomic E-state index is 0.0656. The van der Waals surface area contributed by atoms with Crippen LogP contribution in [-0.2, 0) is 4.79 Å². The monoisotopic (exact) mass is 435 g/mol. The summed E-state index contributed by atoms with van der Waals surface area (Å²) in [7, 11) is 0. The van der Waals surface area contributed by atoms with E-state index in [0.717, 1.165) is 43.0 Å². The maximum atomic E-state index is 13.4. The van der Waals surface area contributed by atoms with E-state index >= 15 is 0 Å². The van der Waals surface area contributed by atoms with Crippen LogP contribution in [0.25, 0.3) is 0 Å². The third-order valence-corrected chi connectivity index (χ3v) is 6.10. The van der Waals surface area contributed by atoms with E-state index in [4.69, 9.17) is 11.6 Å². The van der Waals surface area contributed by atoms with Crippen molar-refractivity contribution in [3.05, 3.63) is 88.9 Å². The number of aryl methyl sites for hydroxylation is 1. The lowest BCUT2D eigenvalue weighted by atomic mass is 10.0. The van der Waals surface area contributed by atoms with Crippen LogP contribution in [-0.4, -0.2) is 42.1 Å². The Kier molecular flexibility index (Phi) is 6.44. The van der Waals surface area contributed by atoms with Crippen LogP contribution in [0.1, 0.15) is 17.2 Å². The predicted molar refractivity (Wildman–Crippen MR) is 126 cm³/mol. The molecule has 0 bridgehead atoms. The average Bonchev–Trinajstić information content (AvgIpc) is 2.78. The largest absolute Gasteiger partial charge is 0.508 e. The van der Waals surface area contributed by atoms with Gasteiger partial charge in [0.1, 0.15) is 11.8 Å². The van der Waals surface area contributed by atoms with Crippen molar-refractivity contribution in [1.82, 2.24) is 4.90 Å². The summed E-state index contributed by atoms with van der Waals surface area (Å²) in [5.74, 6) is 0.198. The molecule has 3 aromatic carbocycles. The summed E-state index contributed by atoms with van der Waals surface area (Å²) >= 11 is 6.24. The van der Waals surface area contributed by atoms with Crippen LogP contribution in [0.3, 0.4) is 0 Å². The third kappa shape index (κ3) is 5.01. The third-order valence-electron chi connectivity index (χ3n) is 5.70. The van der Waals surface area contributed by atoms with E-state index in [1.54, 1.807) is 18.2 Å². The van der Waals surface area contributed by atoms with Crippen molar-refractivity contribution in [2.75, 3.05) is 36.4 Å². The number of hydrogen-bond acceptors (Lipinski definition) is 4. The first kappa shape index (κ1) is 21.2. The zero-order valence-electron chi connectivity index (χ0n) is 17.5. The molecule has 1 aliphatic heterocycles. The van der Waals surface area contributed by atoms with Gasteiger partial charge in [-0.25, -0.2) is 0 Å². The Labute approximate surface area is 187 Å². The number of phenols is 1. The van der Waals surface area contributed by atoms with Crippen LogP contribution in [0.5, 0.6) is 5.75 Å². The highest BCUT2D eigenvalue weighted by Crippen LogP contribution is 2.27. The molecule has 160 valence electrons. The summed E-state index contributed by atoms with van der Waals surface area (Å²) in [5, 5.41) is 13.2. The minimum Gasteiger partial charge on any atom is -0.508 e. The molecule has 1 aliphatic rings. The Bertz CT molecular complexity index is 1030. The second-order valence-corrected chi connectivity index (χ2v) is 8.21. The van der Waals surface area contributed by atoms with E-state index in [1.807, 2.05) is 61.5 Å². The molecule has 4 rings (SSSR count). The summed E-state index contributed by atoms with van der Waals surface area (Å²) in [5.41, 5.74) is 3.72. The molecule has 3 aromatic rings. The first-order valence-electron chi connectivity index (χ1n) is 10.4. The van der Waals surface area contributed by atoms with Gasteiger partial charge < -0.3 is 15.3 Å². The van der Waals surface area contributed by atoms with Crippen LogP contribution < -0.4 is 10.2 Å². The summed E-state index contributed by atoms with van der Waals surface area (Å²) in [4.78, 5) is 17.9. The van der Waals surface area contributed by atoms with Gasteiger partial charge in [0.2, 0.25) is 5.91 Å². The molecule has 1 amide bonds. The molecule has 0 aliphatic carbocycles. The van der Waals surface area contributed by atoms with Crippen molar-refractivity contribution in [3.63, 3.8) is 0 Å². The molecular weight excluding hydrogens is 410 g/mol. The van der Waals surface area contributed by atoms with Gasteiger partial charge in [-0.15, -0.1) is 0 Å². The number of phenolic OH excluding ortho intramolecular Hbond substituents is 1. The number of piperazine rings is 1. The van der Waals surface area contributed by atoms with Crippen molar-refractivity contribution in [2.24, 2.45) is 0 Å². The number of anilines is 2. The van der Waals surface area contributed by atoms with Crippen molar-refractivity contribution in [3.8, 4) is 5.75 Å². The Balaban J connectivity index is 1.51. The molecule has 1 unspecified atom stereocenters. The quantitative estimate of drug-likeness (QED) is 0.601. The lowest BCUT2D eigenvalue weighted by molar-refractivity contribution is -0.121. The van der Waals surface area contributed by atoms with Gasteiger partial charge in [-0.2, -0.15) is 0 Å². The number of amides is 1. The zero-order chi connectivity index (χ0) is 21.8. The Hall–Kier alpha value is -3.02. The van der Waals surface area contributed by atoms with Crippen molar-refractivity contribution >= 4 is 28.9 Å². The maximum absolute atomic E-state index is 13.4. The second-order valence-electron chi connectivity index (χ2n) is 7.81. The molecule has 1 heterocycles. The van der Waals surface area contributed by atoms with Crippen LogP contribution in [0.4, 0.5) is 11.4 Å². The normalized spacial score (nSPS) is 15.5. The van der Waals surface area contributed by atoms with E-state index in [2.05, 4.69) is 15.1 Å². The molecule has 31 heavy (non-hydrogen) atoms. The van der Waals surface area contributed by atoms with E-state index < -0.39 is 0 Å². The number of aromatic hydroxyl groups is 1. The SMILES string of the molecule is Cc1ccc(NC(=O)C(c2ccccc2)N2CCN(c3ccc(O)cc3)CC2)cc1Cl. The molecular formula is C25H26ClN3O2. The van der Waals surface area contributed by atoms with Crippen molar-refractivity contribution < 1.29 is 9.90 Å². The lowest BCUT2D eigenvalue weighted by Crippen LogP contribution is -2.50. The average molecular weight is 436 g/mol. The van der Waals surface area contributed by atoms with E-state index in [9.17, 15) is 9.90 Å². The summed E-state index contributed by atoms with van der Waals surface area (Å²) in [6, 6.07) is 22.3. The number of carbonyl (C=O) groups is 1. The van der Waals surface area contributed by atoms with Gasteiger partial charge in [0.25, 0.3) is 0 Å². The molecule has 0 saturated carbocycles. The molecule has 1 fully saturated rings. The van der Waals surface area contributed by atoms with E-state index in [1.165, 1.54) is 0 Å². The number of nitrogens with one attached hydrogen (secondary N) is 1. The van der Waals surface area contributed by atoms with Crippen LogP contribution >= 0.6 is 11.6 Å². The van der Waals surface area contributed by atoms with E-state index in [-0.39, 0.29) is 17.7 Å². The van der Waals surface area contributed by atoms with Gasteiger partial charge in [-0.3, -0.25) is 9.69 Å². The summed E-state index contributed by atoms with van der Waals surface area (Å²) < 4.78 is 0.